The number of carboxylic acid groups (broad SMARTS) is 1. The van der Waals surface area contributed by atoms with Gasteiger partial charge in [0.15, 0.2) is 6.10 Å². The van der Waals surface area contributed by atoms with Gasteiger partial charge in [-0.3, -0.25) is 0 Å². The Kier molecular flexibility index (Phi) is 10.1. The van der Waals surface area contributed by atoms with E-state index in [1.807, 2.05) is 31.2 Å². The number of fused-ring (bicyclic) bond motifs is 1. The van der Waals surface area contributed by atoms with Crippen LogP contribution in [0.25, 0.3) is 0 Å². The molecule has 35 heavy (non-hydrogen) atoms. The molecule has 0 aliphatic carbocycles. The number of phenols is 1. The van der Waals surface area contributed by atoms with Crippen LogP contribution in [-0.2, 0) is 30.5 Å². The lowest BCUT2D eigenvalue weighted by Gasteiger charge is -2.26. The number of hydrogen-bond acceptors (Lipinski definition) is 5. The summed E-state index contributed by atoms with van der Waals surface area (Å²) in [4.78, 5) is 11.4. The molecule has 0 radical (unpaired) electrons. The fourth-order valence-corrected chi connectivity index (χ4v) is 4.61. The van der Waals surface area contributed by atoms with Crippen LogP contribution in [0.1, 0.15) is 81.5 Å². The Bertz CT molecular complexity index is 984. The molecule has 1 aliphatic heterocycles. The molecule has 1 heterocycles. The Balaban J connectivity index is 1.49. The van der Waals surface area contributed by atoms with E-state index in [-0.39, 0.29) is 0 Å². The molecule has 1 aliphatic rings. The molecule has 2 aromatic carbocycles. The van der Waals surface area contributed by atoms with Crippen LogP contribution in [0.5, 0.6) is 23.0 Å². The molecular weight excluding hydrogens is 444 g/mol. The average Bonchev–Trinajstić information content (AvgIpc) is 2.86. The van der Waals surface area contributed by atoms with Gasteiger partial charge in [-0.1, -0.05) is 45.7 Å². The van der Waals surface area contributed by atoms with E-state index < -0.39 is 12.1 Å². The first-order valence-electron chi connectivity index (χ1n) is 13.1. The van der Waals surface area contributed by atoms with Gasteiger partial charge in [0, 0.05) is 11.1 Å². The van der Waals surface area contributed by atoms with Gasteiger partial charge in [-0.05, 0) is 74.6 Å². The monoisotopic (exact) mass is 484 g/mol. The van der Waals surface area contributed by atoms with Gasteiger partial charge in [0.2, 0.25) is 0 Å². The van der Waals surface area contributed by atoms with Crippen LogP contribution in [0, 0.1) is 0 Å². The molecule has 0 aromatic heterocycles. The van der Waals surface area contributed by atoms with E-state index in [0.717, 1.165) is 85.1 Å². The molecule has 6 nitrogen and oxygen atoms in total. The zero-order chi connectivity index (χ0) is 25.2. The summed E-state index contributed by atoms with van der Waals surface area (Å²) in [5.41, 5.74) is 3.93. The van der Waals surface area contributed by atoms with Gasteiger partial charge in [0.25, 0.3) is 0 Å². The second kappa shape index (κ2) is 13.3. The number of hydrogen-bond donors (Lipinski definition) is 2. The molecule has 0 amide bonds. The number of aryl methyl sites for hydroxylation is 2. The third kappa shape index (κ3) is 6.83. The van der Waals surface area contributed by atoms with Crippen LogP contribution in [-0.4, -0.2) is 35.5 Å². The molecule has 2 N–H and O–H groups in total. The fraction of sp³-hybridized carbons (Fsp3) is 0.552. The first kappa shape index (κ1) is 26.7. The number of phenolic OH excluding ortho intramolecular Hbond substituents is 1. The average molecular weight is 485 g/mol. The van der Waals surface area contributed by atoms with Gasteiger partial charge in [-0.15, -0.1) is 0 Å². The number of aromatic hydroxyl groups is 1. The summed E-state index contributed by atoms with van der Waals surface area (Å²) in [6.07, 6.45) is 7.48. The van der Waals surface area contributed by atoms with Crippen LogP contribution in [0.2, 0.25) is 0 Å². The number of benzene rings is 2. The number of ether oxygens (including phenoxy) is 3. The van der Waals surface area contributed by atoms with E-state index in [4.69, 9.17) is 14.2 Å². The van der Waals surface area contributed by atoms with Crippen molar-refractivity contribution in [3.05, 3.63) is 46.5 Å². The third-order valence-electron chi connectivity index (χ3n) is 6.52. The minimum absolute atomic E-state index is 0.381. The summed E-state index contributed by atoms with van der Waals surface area (Å²) >= 11 is 0. The second-order valence-corrected chi connectivity index (χ2v) is 9.18. The first-order valence-corrected chi connectivity index (χ1v) is 13.1. The minimum atomic E-state index is -0.912. The van der Waals surface area contributed by atoms with Crippen molar-refractivity contribution in [2.75, 3.05) is 13.2 Å². The van der Waals surface area contributed by atoms with Crippen LogP contribution in [0.4, 0.5) is 0 Å². The van der Waals surface area contributed by atoms with Crippen LogP contribution in [0.3, 0.4) is 0 Å². The summed E-state index contributed by atoms with van der Waals surface area (Å²) in [7, 11) is 0. The molecular formula is C29H40O6. The summed E-state index contributed by atoms with van der Waals surface area (Å²) in [5, 5.41) is 19.9. The lowest BCUT2D eigenvalue weighted by atomic mass is 9.96. The van der Waals surface area contributed by atoms with Gasteiger partial charge in [0.1, 0.15) is 23.0 Å². The Hall–Kier alpha value is -2.89. The standard InChI is InChI=1S/C29H40O6/c1-4-10-22-24(15-12-20(6-3)27(22)30)33-18-8-7-9-19-34-25-16-13-21-14-17-26(29(31)32)35-28(21)23(25)11-5-2/h12-13,15-16,26,30H,4-11,14,17-19H2,1-3H3,(H,31,32). The number of carbonyl (C=O) groups is 1. The van der Waals surface area contributed by atoms with Crippen LogP contribution < -0.4 is 14.2 Å². The van der Waals surface area contributed by atoms with E-state index in [0.29, 0.717) is 37.6 Å². The maximum absolute atomic E-state index is 11.4. The predicted molar refractivity (Wildman–Crippen MR) is 137 cm³/mol. The normalized spacial score (nSPS) is 14.8. The number of carboxylic acids is 1. The molecule has 6 heteroatoms. The van der Waals surface area contributed by atoms with Gasteiger partial charge < -0.3 is 24.4 Å². The lowest BCUT2D eigenvalue weighted by molar-refractivity contribution is -0.145. The highest BCUT2D eigenvalue weighted by Gasteiger charge is 2.28. The number of aliphatic carboxylic acids is 1. The van der Waals surface area contributed by atoms with Crippen molar-refractivity contribution < 1.29 is 29.2 Å². The lowest BCUT2D eigenvalue weighted by Crippen LogP contribution is -2.31. The Morgan fingerprint density at radius 3 is 2.20 bits per heavy atom. The SMILES string of the molecule is CCCc1c(OCCCCCOc2ccc3c(c2CCC)OC(C(=O)O)CC3)ccc(CC)c1O. The molecule has 0 spiro atoms. The Morgan fingerprint density at radius 2 is 1.57 bits per heavy atom. The quantitative estimate of drug-likeness (QED) is 0.308. The summed E-state index contributed by atoms with van der Waals surface area (Å²) in [6.45, 7) is 7.44. The van der Waals surface area contributed by atoms with Crippen molar-refractivity contribution in [1.82, 2.24) is 0 Å². The maximum Gasteiger partial charge on any atom is 0.344 e. The minimum Gasteiger partial charge on any atom is -0.507 e. The zero-order valence-corrected chi connectivity index (χ0v) is 21.4. The molecule has 2 aromatic rings. The third-order valence-corrected chi connectivity index (χ3v) is 6.52. The summed E-state index contributed by atoms with van der Waals surface area (Å²) < 4.78 is 18.0. The Morgan fingerprint density at radius 1 is 0.943 bits per heavy atom. The van der Waals surface area contributed by atoms with E-state index in [2.05, 4.69) is 13.8 Å². The van der Waals surface area contributed by atoms with Crippen molar-refractivity contribution in [3.8, 4) is 23.0 Å². The van der Waals surface area contributed by atoms with Crippen LogP contribution >= 0.6 is 0 Å². The highest BCUT2D eigenvalue weighted by atomic mass is 16.5. The van der Waals surface area contributed by atoms with Crippen molar-refractivity contribution in [3.63, 3.8) is 0 Å². The van der Waals surface area contributed by atoms with E-state index in [1.165, 1.54) is 0 Å². The summed E-state index contributed by atoms with van der Waals surface area (Å²) in [5.74, 6) is 1.76. The van der Waals surface area contributed by atoms with Crippen molar-refractivity contribution >= 4 is 5.97 Å². The first-order chi connectivity index (χ1) is 17.0. The molecule has 192 valence electrons. The molecule has 1 atom stereocenters. The number of rotatable bonds is 14. The topological polar surface area (TPSA) is 85.2 Å². The van der Waals surface area contributed by atoms with Crippen LogP contribution in [0.15, 0.2) is 24.3 Å². The highest BCUT2D eigenvalue weighted by molar-refractivity contribution is 5.73. The molecule has 0 saturated heterocycles. The highest BCUT2D eigenvalue weighted by Crippen LogP contribution is 2.38. The van der Waals surface area contributed by atoms with Gasteiger partial charge in [-0.25, -0.2) is 4.79 Å². The van der Waals surface area contributed by atoms with Crippen molar-refractivity contribution in [2.45, 2.75) is 91.1 Å². The van der Waals surface area contributed by atoms with Crippen molar-refractivity contribution in [2.24, 2.45) is 0 Å². The van der Waals surface area contributed by atoms with E-state index in [1.54, 1.807) is 0 Å². The molecule has 0 fully saturated rings. The second-order valence-electron chi connectivity index (χ2n) is 9.18. The van der Waals surface area contributed by atoms with E-state index >= 15 is 0 Å². The molecule has 1 unspecified atom stereocenters. The molecule has 0 saturated carbocycles. The predicted octanol–water partition coefficient (Wildman–Crippen LogP) is 6.27. The largest absolute Gasteiger partial charge is 0.507 e. The van der Waals surface area contributed by atoms with E-state index in [9.17, 15) is 15.0 Å². The van der Waals surface area contributed by atoms with Gasteiger partial charge in [-0.2, -0.15) is 0 Å². The maximum atomic E-state index is 11.4. The smallest absolute Gasteiger partial charge is 0.344 e. The zero-order valence-electron chi connectivity index (χ0n) is 21.4. The molecule has 3 rings (SSSR count). The number of unbranched alkanes of at least 4 members (excludes halogenated alkanes) is 2. The Labute approximate surface area is 209 Å². The van der Waals surface area contributed by atoms with Gasteiger partial charge in [0.05, 0.1) is 13.2 Å². The molecule has 0 bridgehead atoms. The summed E-state index contributed by atoms with van der Waals surface area (Å²) in [6, 6.07) is 7.93. The fourth-order valence-electron chi connectivity index (χ4n) is 4.61. The van der Waals surface area contributed by atoms with Gasteiger partial charge >= 0.3 is 5.97 Å². The van der Waals surface area contributed by atoms with Crippen molar-refractivity contribution in [1.29, 1.82) is 0 Å².